The van der Waals surface area contributed by atoms with Gasteiger partial charge in [-0.1, -0.05) is 212 Å². The molecule has 1 nitrogen and oxygen atoms in total. The molecule has 0 aliphatic carbocycles. The Morgan fingerprint density at radius 2 is 0.683 bits per heavy atom. The Bertz CT molecular complexity index is 3640. The van der Waals surface area contributed by atoms with Gasteiger partial charge in [-0.25, -0.2) is 0 Å². The predicted molar refractivity (Wildman–Crippen MR) is 270 cm³/mol. The Balaban J connectivity index is 1.02. The number of hydrogen-bond donors (Lipinski definition) is 0. The molecule has 0 aliphatic heterocycles. The topological polar surface area (TPSA) is 3.24 Å². The quantitative estimate of drug-likeness (QED) is 0.145. The van der Waals surface area contributed by atoms with Crippen LogP contribution in [-0.2, 0) is 0 Å². The standard InChI is InChI=1S/C62H41N/c1-3-17-46(18-4-1)61-58-25-12-11-24-55(58)56-39-34-48(41-59(56)62(61)47-19-5-2-6-20-47)42-29-35-49(36-30-42)63(60-28-14-27-54-53-23-10-8-16-44(53)33-40-57(54)60)50-37-31-45(32-38-50)52-26-13-21-43-15-7-9-22-51(43)52/h1-41H. The summed E-state index contributed by atoms with van der Waals surface area (Å²) >= 11 is 0. The first-order valence-corrected chi connectivity index (χ1v) is 21.8. The summed E-state index contributed by atoms with van der Waals surface area (Å²) in [6, 6.07) is 91.0. The molecule has 0 bridgehead atoms. The van der Waals surface area contributed by atoms with E-state index in [9.17, 15) is 0 Å². The molecule has 0 radical (unpaired) electrons. The lowest BCUT2D eigenvalue weighted by atomic mass is 9.84. The summed E-state index contributed by atoms with van der Waals surface area (Å²) in [6.07, 6.45) is 0. The van der Waals surface area contributed by atoms with Crippen LogP contribution < -0.4 is 4.90 Å². The molecule has 12 aromatic rings. The van der Waals surface area contributed by atoms with Crippen LogP contribution in [-0.4, -0.2) is 0 Å². The molecule has 0 heterocycles. The minimum absolute atomic E-state index is 1.10. The maximum absolute atomic E-state index is 2.42. The predicted octanol–water partition coefficient (Wildman–Crippen LogP) is 17.6. The van der Waals surface area contributed by atoms with Crippen molar-refractivity contribution in [1.29, 1.82) is 0 Å². The zero-order valence-electron chi connectivity index (χ0n) is 34.6. The SMILES string of the molecule is c1ccc(-c2c(-c3ccccc3)c3cc(-c4ccc(N(c5ccc(-c6cccc7ccccc67)cc5)c5cccc6c5ccc5ccccc56)cc4)ccc3c3ccccc23)cc1. The molecule has 12 aromatic carbocycles. The van der Waals surface area contributed by atoms with E-state index < -0.39 is 0 Å². The molecular weight excluding hydrogens is 759 g/mol. The lowest BCUT2D eigenvalue weighted by Gasteiger charge is -2.27. The van der Waals surface area contributed by atoms with E-state index in [1.165, 1.54) is 98.4 Å². The van der Waals surface area contributed by atoms with Crippen LogP contribution in [0.15, 0.2) is 249 Å². The van der Waals surface area contributed by atoms with Crippen LogP contribution in [0.1, 0.15) is 0 Å². The van der Waals surface area contributed by atoms with Crippen molar-refractivity contribution < 1.29 is 0 Å². The Hall–Kier alpha value is -8.26. The molecule has 0 N–H and O–H groups in total. The van der Waals surface area contributed by atoms with Crippen LogP contribution in [0.3, 0.4) is 0 Å². The second-order valence-electron chi connectivity index (χ2n) is 16.4. The molecule has 63 heavy (non-hydrogen) atoms. The van der Waals surface area contributed by atoms with Crippen molar-refractivity contribution in [2.24, 2.45) is 0 Å². The first-order valence-electron chi connectivity index (χ1n) is 21.8. The van der Waals surface area contributed by atoms with Gasteiger partial charge >= 0.3 is 0 Å². The van der Waals surface area contributed by atoms with E-state index in [-0.39, 0.29) is 0 Å². The first kappa shape index (κ1) is 36.6. The minimum atomic E-state index is 1.10. The lowest BCUT2D eigenvalue weighted by molar-refractivity contribution is 1.30. The average Bonchev–Trinajstić information content (AvgIpc) is 3.36. The lowest BCUT2D eigenvalue weighted by Crippen LogP contribution is -2.10. The maximum atomic E-state index is 2.42. The van der Waals surface area contributed by atoms with Gasteiger partial charge in [0.25, 0.3) is 0 Å². The number of benzene rings is 12. The third kappa shape index (κ3) is 6.33. The Kier molecular flexibility index (Phi) is 8.90. The average molecular weight is 800 g/mol. The van der Waals surface area contributed by atoms with Gasteiger partial charge in [-0.05, 0) is 129 Å². The van der Waals surface area contributed by atoms with Gasteiger partial charge in [0.05, 0.1) is 5.69 Å². The van der Waals surface area contributed by atoms with Crippen LogP contribution in [0.2, 0.25) is 0 Å². The summed E-state index contributed by atoms with van der Waals surface area (Å²) in [7, 11) is 0. The summed E-state index contributed by atoms with van der Waals surface area (Å²) in [4.78, 5) is 2.42. The fourth-order valence-electron chi connectivity index (χ4n) is 9.90. The van der Waals surface area contributed by atoms with Crippen molar-refractivity contribution in [3.05, 3.63) is 249 Å². The van der Waals surface area contributed by atoms with Gasteiger partial charge in [0.15, 0.2) is 0 Å². The van der Waals surface area contributed by atoms with Gasteiger partial charge < -0.3 is 4.90 Å². The van der Waals surface area contributed by atoms with Gasteiger partial charge in [0, 0.05) is 16.8 Å². The van der Waals surface area contributed by atoms with E-state index in [0.29, 0.717) is 0 Å². The number of nitrogens with zero attached hydrogens (tertiary/aromatic N) is 1. The van der Waals surface area contributed by atoms with Gasteiger partial charge in [-0.15, -0.1) is 0 Å². The number of rotatable bonds is 7. The highest BCUT2D eigenvalue weighted by molar-refractivity contribution is 6.22. The van der Waals surface area contributed by atoms with Gasteiger partial charge in [-0.2, -0.15) is 0 Å². The molecule has 12 rings (SSSR count). The Morgan fingerprint density at radius 3 is 1.38 bits per heavy atom. The normalized spacial score (nSPS) is 11.5. The highest BCUT2D eigenvalue weighted by atomic mass is 15.1. The molecule has 294 valence electrons. The Labute approximate surface area is 367 Å². The van der Waals surface area contributed by atoms with E-state index in [4.69, 9.17) is 0 Å². The minimum Gasteiger partial charge on any atom is -0.310 e. The van der Waals surface area contributed by atoms with Crippen molar-refractivity contribution in [3.8, 4) is 44.5 Å². The molecule has 1 heteroatoms. The monoisotopic (exact) mass is 799 g/mol. The molecule has 0 saturated heterocycles. The fraction of sp³-hybridized carbons (Fsp3) is 0. The van der Waals surface area contributed by atoms with E-state index in [1.54, 1.807) is 0 Å². The van der Waals surface area contributed by atoms with Crippen LogP contribution in [0.4, 0.5) is 17.1 Å². The van der Waals surface area contributed by atoms with Crippen LogP contribution in [0.25, 0.3) is 98.4 Å². The summed E-state index contributed by atoms with van der Waals surface area (Å²) in [6.45, 7) is 0. The summed E-state index contributed by atoms with van der Waals surface area (Å²) < 4.78 is 0. The second-order valence-corrected chi connectivity index (χ2v) is 16.4. The van der Waals surface area contributed by atoms with E-state index >= 15 is 0 Å². The van der Waals surface area contributed by atoms with Crippen molar-refractivity contribution >= 4 is 70.9 Å². The highest BCUT2D eigenvalue weighted by Crippen LogP contribution is 2.46. The fourth-order valence-corrected chi connectivity index (χ4v) is 9.90. The first-order chi connectivity index (χ1) is 31.3. The zero-order valence-corrected chi connectivity index (χ0v) is 34.6. The third-order valence-electron chi connectivity index (χ3n) is 12.8. The van der Waals surface area contributed by atoms with Crippen molar-refractivity contribution in [2.75, 3.05) is 4.90 Å². The number of fused-ring (bicyclic) bond motifs is 7. The van der Waals surface area contributed by atoms with Crippen LogP contribution in [0, 0.1) is 0 Å². The zero-order chi connectivity index (χ0) is 41.7. The van der Waals surface area contributed by atoms with Gasteiger partial charge in [-0.3, -0.25) is 0 Å². The van der Waals surface area contributed by atoms with Crippen molar-refractivity contribution in [2.45, 2.75) is 0 Å². The van der Waals surface area contributed by atoms with Crippen LogP contribution in [0.5, 0.6) is 0 Å². The molecule has 0 aromatic heterocycles. The molecule has 0 fully saturated rings. The Morgan fingerprint density at radius 1 is 0.222 bits per heavy atom. The largest absolute Gasteiger partial charge is 0.310 e. The number of anilines is 3. The summed E-state index contributed by atoms with van der Waals surface area (Å²) in [5.41, 5.74) is 13.1. The molecule has 0 saturated carbocycles. The number of hydrogen-bond acceptors (Lipinski definition) is 1. The maximum Gasteiger partial charge on any atom is 0.0540 e. The summed E-state index contributed by atoms with van der Waals surface area (Å²) in [5.74, 6) is 0. The van der Waals surface area contributed by atoms with Crippen molar-refractivity contribution in [3.63, 3.8) is 0 Å². The van der Waals surface area contributed by atoms with E-state index in [1.807, 2.05) is 0 Å². The molecule has 0 amide bonds. The van der Waals surface area contributed by atoms with E-state index in [0.717, 1.165) is 17.1 Å². The molecule has 0 unspecified atom stereocenters. The van der Waals surface area contributed by atoms with Gasteiger partial charge in [0.2, 0.25) is 0 Å². The summed E-state index contributed by atoms with van der Waals surface area (Å²) in [5, 5.41) is 12.5. The third-order valence-corrected chi connectivity index (χ3v) is 12.8. The van der Waals surface area contributed by atoms with Crippen molar-refractivity contribution in [1.82, 2.24) is 0 Å². The van der Waals surface area contributed by atoms with E-state index in [2.05, 4.69) is 254 Å². The highest BCUT2D eigenvalue weighted by Gasteiger charge is 2.20. The molecule has 0 spiro atoms. The smallest absolute Gasteiger partial charge is 0.0540 e. The molecule has 0 atom stereocenters. The van der Waals surface area contributed by atoms with Gasteiger partial charge in [0.1, 0.15) is 0 Å². The van der Waals surface area contributed by atoms with Crippen LogP contribution >= 0.6 is 0 Å². The molecular formula is C62H41N. The second kappa shape index (κ2) is 15.3. The molecule has 0 aliphatic rings.